The standard InChI is InChI=1S/C19H27F3N2O3/c1-11-5-12(9-18(2,3)8-11)24-15-7-16(27-10-19(20,21)22)13(6-14(15)23)17(25)26-4/h6-7,11-12,24H,5,8-10,23H2,1-4H3/t11-,12+/m0/s1. The predicted octanol–water partition coefficient (Wildman–Crippen LogP) is 4.62. The topological polar surface area (TPSA) is 73.6 Å². The molecule has 8 heteroatoms. The van der Waals surface area contributed by atoms with E-state index in [-0.39, 0.29) is 28.5 Å². The van der Waals surface area contributed by atoms with Gasteiger partial charge in [-0.05, 0) is 36.7 Å². The van der Waals surface area contributed by atoms with Crippen molar-refractivity contribution in [2.45, 2.75) is 52.3 Å². The molecule has 0 spiro atoms. The van der Waals surface area contributed by atoms with E-state index in [1.54, 1.807) is 0 Å². The van der Waals surface area contributed by atoms with Gasteiger partial charge < -0.3 is 20.5 Å². The molecular weight excluding hydrogens is 361 g/mol. The first-order valence-electron chi connectivity index (χ1n) is 8.88. The van der Waals surface area contributed by atoms with Crippen molar-refractivity contribution in [1.29, 1.82) is 0 Å². The summed E-state index contributed by atoms with van der Waals surface area (Å²) in [5.74, 6) is -0.500. The van der Waals surface area contributed by atoms with Crippen LogP contribution >= 0.6 is 0 Å². The van der Waals surface area contributed by atoms with Gasteiger partial charge in [0.1, 0.15) is 11.3 Å². The van der Waals surface area contributed by atoms with Crippen molar-refractivity contribution >= 4 is 17.3 Å². The van der Waals surface area contributed by atoms with Crippen LogP contribution in [-0.4, -0.2) is 31.9 Å². The summed E-state index contributed by atoms with van der Waals surface area (Å²) >= 11 is 0. The van der Waals surface area contributed by atoms with Crippen LogP contribution in [0.15, 0.2) is 12.1 Å². The van der Waals surface area contributed by atoms with E-state index >= 15 is 0 Å². The summed E-state index contributed by atoms with van der Waals surface area (Å²) in [5.41, 5.74) is 6.77. The fraction of sp³-hybridized carbons (Fsp3) is 0.632. The maximum Gasteiger partial charge on any atom is 0.422 e. The fourth-order valence-electron chi connectivity index (χ4n) is 3.95. The van der Waals surface area contributed by atoms with Crippen molar-refractivity contribution in [2.24, 2.45) is 11.3 Å². The third-order valence-corrected chi connectivity index (χ3v) is 4.69. The molecule has 0 bridgehead atoms. The lowest BCUT2D eigenvalue weighted by Gasteiger charge is -2.39. The second-order valence-electron chi connectivity index (χ2n) is 8.09. The Bertz CT molecular complexity index is 690. The number of ether oxygens (including phenoxy) is 2. The number of hydrogen-bond donors (Lipinski definition) is 2. The van der Waals surface area contributed by atoms with Crippen LogP contribution in [0.3, 0.4) is 0 Å². The molecule has 1 aromatic rings. The van der Waals surface area contributed by atoms with Crippen molar-refractivity contribution in [3.05, 3.63) is 17.7 Å². The summed E-state index contributed by atoms with van der Waals surface area (Å²) in [6.07, 6.45) is -1.57. The van der Waals surface area contributed by atoms with Crippen LogP contribution in [0.1, 0.15) is 50.4 Å². The zero-order valence-electron chi connectivity index (χ0n) is 16.1. The molecule has 1 aliphatic rings. The lowest BCUT2D eigenvalue weighted by atomic mass is 9.70. The second-order valence-corrected chi connectivity index (χ2v) is 8.09. The predicted molar refractivity (Wildman–Crippen MR) is 98.0 cm³/mol. The van der Waals surface area contributed by atoms with Gasteiger partial charge in [-0.2, -0.15) is 13.2 Å². The molecule has 2 rings (SSSR count). The van der Waals surface area contributed by atoms with Crippen molar-refractivity contribution in [1.82, 2.24) is 0 Å². The molecule has 2 atom stereocenters. The normalized spacial score (nSPS) is 22.2. The highest BCUT2D eigenvalue weighted by Gasteiger charge is 2.33. The van der Waals surface area contributed by atoms with E-state index in [2.05, 4.69) is 30.8 Å². The highest BCUT2D eigenvalue weighted by molar-refractivity contribution is 5.95. The van der Waals surface area contributed by atoms with Crippen LogP contribution in [0, 0.1) is 11.3 Å². The number of esters is 1. The van der Waals surface area contributed by atoms with Gasteiger partial charge in [0.05, 0.1) is 18.5 Å². The zero-order chi connectivity index (χ0) is 20.4. The molecule has 27 heavy (non-hydrogen) atoms. The van der Waals surface area contributed by atoms with Gasteiger partial charge in [0.2, 0.25) is 0 Å². The van der Waals surface area contributed by atoms with E-state index < -0.39 is 18.8 Å². The fourth-order valence-corrected chi connectivity index (χ4v) is 3.95. The Morgan fingerprint density at radius 3 is 2.56 bits per heavy atom. The van der Waals surface area contributed by atoms with Crippen LogP contribution < -0.4 is 15.8 Å². The van der Waals surface area contributed by atoms with Crippen molar-refractivity contribution in [3.8, 4) is 5.75 Å². The summed E-state index contributed by atoms with van der Waals surface area (Å²) in [5, 5.41) is 3.32. The number of anilines is 2. The minimum atomic E-state index is -4.52. The lowest BCUT2D eigenvalue weighted by Crippen LogP contribution is -2.35. The van der Waals surface area contributed by atoms with Crippen molar-refractivity contribution in [3.63, 3.8) is 0 Å². The number of carbonyl (C=O) groups is 1. The Hall–Kier alpha value is -2.12. The third-order valence-electron chi connectivity index (χ3n) is 4.69. The van der Waals surface area contributed by atoms with Gasteiger partial charge in [0.25, 0.3) is 0 Å². The number of nitrogens with one attached hydrogen (secondary N) is 1. The first-order valence-corrected chi connectivity index (χ1v) is 8.88. The van der Waals surface area contributed by atoms with E-state index in [4.69, 9.17) is 10.5 Å². The van der Waals surface area contributed by atoms with E-state index in [0.29, 0.717) is 11.6 Å². The molecule has 0 aliphatic heterocycles. The molecular formula is C19H27F3N2O3. The van der Waals surface area contributed by atoms with Gasteiger partial charge in [0.15, 0.2) is 6.61 Å². The van der Waals surface area contributed by atoms with Crippen LogP contribution in [0.5, 0.6) is 5.75 Å². The molecule has 1 saturated carbocycles. The Balaban J connectivity index is 2.29. The van der Waals surface area contributed by atoms with Crippen LogP contribution in [0.4, 0.5) is 24.5 Å². The largest absolute Gasteiger partial charge is 0.483 e. The first-order chi connectivity index (χ1) is 12.4. The number of halogens is 3. The number of methoxy groups -OCH3 is 1. The van der Waals surface area contributed by atoms with E-state index in [1.165, 1.54) is 12.1 Å². The molecule has 0 heterocycles. The van der Waals surface area contributed by atoms with Crippen molar-refractivity contribution in [2.75, 3.05) is 24.8 Å². The third kappa shape index (κ3) is 5.94. The number of rotatable bonds is 5. The highest BCUT2D eigenvalue weighted by Crippen LogP contribution is 2.41. The molecule has 3 N–H and O–H groups in total. The Morgan fingerprint density at radius 2 is 2.00 bits per heavy atom. The summed E-state index contributed by atoms with van der Waals surface area (Å²) in [7, 11) is 1.14. The van der Waals surface area contributed by atoms with Gasteiger partial charge >= 0.3 is 12.1 Å². The second kappa shape index (κ2) is 7.86. The van der Waals surface area contributed by atoms with Gasteiger partial charge in [-0.15, -0.1) is 0 Å². The average molecular weight is 388 g/mol. The van der Waals surface area contributed by atoms with E-state index in [1.807, 2.05) is 0 Å². The Morgan fingerprint density at radius 1 is 1.33 bits per heavy atom. The Kier molecular flexibility index (Phi) is 6.17. The molecule has 1 fully saturated rings. The van der Waals surface area contributed by atoms with Gasteiger partial charge in [-0.1, -0.05) is 20.8 Å². The smallest absolute Gasteiger partial charge is 0.422 e. The lowest BCUT2D eigenvalue weighted by molar-refractivity contribution is -0.153. The molecule has 152 valence electrons. The molecule has 0 amide bonds. The molecule has 0 saturated heterocycles. The number of hydrogen-bond acceptors (Lipinski definition) is 5. The molecule has 0 unspecified atom stereocenters. The van der Waals surface area contributed by atoms with Crippen LogP contribution in [0.25, 0.3) is 0 Å². The number of nitrogens with two attached hydrogens (primary N) is 1. The molecule has 5 nitrogen and oxygen atoms in total. The van der Waals surface area contributed by atoms with Gasteiger partial charge in [-0.25, -0.2) is 4.79 Å². The zero-order valence-corrected chi connectivity index (χ0v) is 16.1. The molecule has 1 aromatic carbocycles. The average Bonchev–Trinajstić information content (AvgIpc) is 2.51. The Labute approximate surface area is 157 Å². The van der Waals surface area contributed by atoms with E-state index in [0.717, 1.165) is 26.4 Å². The summed E-state index contributed by atoms with van der Waals surface area (Å²) in [6, 6.07) is 2.77. The minimum Gasteiger partial charge on any atom is -0.483 e. The number of benzene rings is 1. The van der Waals surface area contributed by atoms with E-state index in [9.17, 15) is 18.0 Å². The summed E-state index contributed by atoms with van der Waals surface area (Å²) in [6.45, 7) is 5.06. The maximum atomic E-state index is 12.6. The van der Waals surface area contributed by atoms with Gasteiger partial charge in [-0.3, -0.25) is 0 Å². The SMILES string of the molecule is COC(=O)c1cc(N)c(N[C@@H]2C[C@H](C)CC(C)(C)C2)cc1OCC(F)(F)F. The van der Waals surface area contributed by atoms with Crippen molar-refractivity contribution < 1.29 is 27.4 Å². The number of alkyl halides is 3. The molecule has 0 aromatic heterocycles. The summed E-state index contributed by atoms with van der Waals surface area (Å²) in [4.78, 5) is 11.9. The maximum absolute atomic E-state index is 12.6. The van der Waals surface area contributed by atoms with Crippen LogP contribution in [0.2, 0.25) is 0 Å². The van der Waals surface area contributed by atoms with Crippen LogP contribution in [-0.2, 0) is 4.74 Å². The first kappa shape index (κ1) is 21.2. The molecule has 1 aliphatic carbocycles. The quantitative estimate of drug-likeness (QED) is 0.569. The molecule has 0 radical (unpaired) electrons. The monoisotopic (exact) mass is 388 g/mol. The van der Waals surface area contributed by atoms with Gasteiger partial charge in [0, 0.05) is 12.1 Å². The minimum absolute atomic E-state index is 0.130. The number of nitrogen functional groups attached to an aromatic ring is 1. The summed E-state index contributed by atoms with van der Waals surface area (Å²) < 4.78 is 47.1. The number of carbonyl (C=O) groups excluding carboxylic acids is 1. The highest BCUT2D eigenvalue weighted by atomic mass is 19.4.